The highest BCUT2D eigenvalue weighted by Gasteiger charge is 2.46. The molecule has 0 saturated carbocycles. The number of benzene rings is 3. The highest BCUT2D eigenvalue weighted by molar-refractivity contribution is 5.65. The maximum absolute atomic E-state index is 14.1. The molecule has 3 aromatic carbocycles. The van der Waals surface area contributed by atoms with Gasteiger partial charge in [-0.05, 0) is 16.7 Å². The van der Waals surface area contributed by atoms with Gasteiger partial charge in [0.15, 0.2) is 0 Å². The molecule has 0 radical (unpaired) electrons. The van der Waals surface area contributed by atoms with E-state index >= 15 is 0 Å². The number of aromatic nitrogens is 2. The SMILES string of the molecule is CC(=O)OC[C@H]1O[C@@H](n2cc(F)c(=O)[nH]c2=O)C[C@@H]1OC(c1ccccc1)(c1ccccc1)c1ccccc1. The number of carbonyl (C=O) groups is 1. The number of nitrogens with one attached hydrogen (secondary N) is 1. The molecular formula is C30H27FN2O6. The molecule has 1 aliphatic heterocycles. The number of nitrogens with zero attached hydrogens (tertiary/aromatic N) is 1. The molecule has 2 heterocycles. The van der Waals surface area contributed by atoms with E-state index in [-0.39, 0.29) is 13.0 Å². The fourth-order valence-corrected chi connectivity index (χ4v) is 4.97. The highest BCUT2D eigenvalue weighted by Crippen LogP contribution is 2.44. The summed E-state index contributed by atoms with van der Waals surface area (Å²) >= 11 is 0. The maximum atomic E-state index is 14.1. The molecule has 1 N–H and O–H groups in total. The second kappa shape index (κ2) is 11.2. The average Bonchev–Trinajstić information content (AvgIpc) is 3.36. The summed E-state index contributed by atoms with van der Waals surface area (Å²) in [5.41, 5.74) is -0.492. The second-order valence-electron chi connectivity index (χ2n) is 9.25. The Morgan fingerprint density at radius 3 is 1.95 bits per heavy atom. The van der Waals surface area contributed by atoms with Crippen LogP contribution in [0.4, 0.5) is 4.39 Å². The Labute approximate surface area is 223 Å². The standard InChI is InChI=1S/C30H27FN2O6/c1-20(34)37-19-26-25(17-27(38-26)33-18-24(31)28(35)32-29(33)36)39-30(21-11-5-2-6-12-21,22-13-7-3-8-14-22)23-15-9-4-10-16-23/h2-16,18,25-27H,17,19H2,1H3,(H,32,35,36)/t25-,26+,27+/m0/s1. The first kappa shape index (κ1) is 26.3. The van der Waals surface area contributed by atoms with Crippen molar-refractivity contribution in [3.63, 3.8) is 0 Å². The minimum absolute atomic E-state index is 0.117. The van der Waals surface area contributed by atoms with Crippen LogP contribution in [-0.2, 0) is 24.6 Å². The second-order valence-corrected chi connectivity index (χ2v) is 9.25. The van der Waals surface area contributed by atoms with Gasteiger partial charge in [-0.3, -0.25) is 19.1 Å². The number of H-pyrrole nitrogens is 1. The van der Waals surface area contributed by atoms with Gasteiger partial charge in [-0.15, -0.1) is 0 Å². The van der Waals surface area contributed by atoms with Crippen molar-refractivity contribution in [3.8, 4) is 0 Å². The zero-order chi connectivity index (χ0) is 27.4. The molecule has 1 fully saturated rings. The van der Waals surface area contributed by atoms with Gasteiger partial charge in [0.05, 0.1) is 12.3 Å². The quantitative estimate of drug-likeness (QED) is 0.274. The van der Waals surface area contributed by atoms with Crippen molar-refractivity contribution in [1.29, 1.82) is 0 Å². The number of ether oxygens (including phenoxy) is 3. The van der Waals surface area contributed by atoms with E-state index in [9.17, 15) is 18.8 Å². The molecule has 1 aromatic heterocycles. The normalized spacial score (nSPS) is 19.1. The van der Waals surface area contributed by atoms with E-state index in [2.05, 4.69) is 0 Å². The number of rotatable bonds is 8. The summed E-state index contributed by atoms with van der Waals surface area (Å²) in [6, 6.07) is 29.1. The first-order chi connectivity index (χ1) is 18.9. The lowest BCUT2D eigenvalue weighted by atomic mass is 9.79. The van der Waals surface area contributed by atoms with Crippen LogP contribution in [0.25, 0.3) is 0 Å². The minimum atomic E-state index is -1.12. The monoisotopic (exact) mass is 530 g/mol. The Morgan fingerprint density at radius 2 is 1.46 bits per heavy atom. The van der Waals surface area contributed by atoms with Crippen LogP contribution < -0.4 is 11.2 Å². The van der Waals surface area contributed by atoms with E-state index in [1.807, 2.05) is 96.0 Å². The van der Waals surface area contributed by atoms with Gasteiger partial charge in [0.25, 0.3) is 5.56 Å². The Kier molecular flexibility index (Phi) is 7.53. The summed E-state index contributed by atoms with van der Waals surface area (Å²) in [6.45, 7) is 1.14. The Hall–Kier alpha value is -4.34. The average molecular weight is 531 g/mol. The molecule has 1 aliphatic rings. The van der Waals surface area contributed by atoms with Gasteiger partial charge in [-0.2, -0.15) is 4.39 Å². The smallest absolute Gasteiger partial charge is 0.330 e. The summed E-state index contributed by atoms with van der Waals surface area (Å²) in [5, 5.41) is 0. The number of esters is 1. The summed E-state index contributed by atoms with van der Waals surface area (Å²) in [7, 11) is 0. The van der Waals surface area contributed by atoms with Gasteiger partial charge in [-0.25, -0.2) is 4.79 Å². The van der Waals surface area contributed by atoms with Crippen LogP contribution in [0.1, 0.15) is 36.3 Å². The molecule has 200 valence electrons. The van der Waals surface area contributed by atoms with Crippen molar-refractivity contribution in [2.45, 2.75) is 37.4 Å². The minimum Gasteiger partial charge on any atom is -0.463 e. The van der Waals surface area contributed by atoms with Crippen molar-refractivity contribution >= 4 is 5.97 Å². The highest BCUT2D eigenvalue weighted by atomic mass is 19.1. The number of hydrogen-bond donors (Lipinski definition) is 1. The van der Waals surface area contributed by atoms with Crippen molar-refractivity contribution in [2.24, 2.45) is 0 Å². The van der Waals surface area contributed by atoms with Crippen LogP contribution in [0.15, 0.2) is 107 Å². The molecule has 0 unspecified atom stereocenters. The maximum Gasteiger partial charge on any atom is 0.330 e. The van der Waals surface area contributed by atoms with Gasteiger partial charge >= 0.3 is 11.7 Å². The fraction of sp³-hybridized carbons (Fsp3) is 0.233. The summed E-state index contributed by atoms with van der Waals surface area (Å²) < 4.78 is 33.6. The van der Waals surface area contributed by atoms with E-state index in [1.165, 1.54) is 6.92 Å². The van der Waals surface area contributed by atoms with Gasteiger partial charge in [0, 0.05) is 13.3 Å². The molecule has 5 rings (SSSR count). The zero-order valence-electron chi connectivity index (χ0n) is 21.2. The number of halogens is 1. The third-order valence-corrected chi connectivity index (χ3v) is 6.74. The van der Waals surface area contributed by atoms with Crippen molar-refractivity contribution in [1.82, 2.24) is 9.55 Å². The summed E-state index contributed by atoms with van der Waals surface area (Å²) in [6.07, 6.45) is -1.55. The van der Waals surface area contributed by atoms with Crippen LogP contribution in [0, 0.1) is 5.82 Å². The van der Waals surface area contributed by atoms with E-state index in [1.54, 1.807) is 0 Å². The zero-order valence-corrected chi connectivity index (χ0v) is 21.2. The largest absolute Gasteiger partial charge is 0.463 e. The fourth-order valence-electron chi connectivity index (χ4n) is 4.97. The summed E-state index contributed by atoms with van der Waals surface area (Å²) in [4.78, 5) is 37.8. The molecule has 39 heavy (non-hydrogen) atoms. The molecule has 1 saturated heterocycles. The van der Waals surface area contributed by atoms with Gasteiger partial charge in [-0.1, -0.05) is 91.0 Å². The van der Waals surface area contributed by atoms with Crippen LogP contribution in [0.2, 0.25) is 0 Å². The number of aromatic amines is 1. The summed E-state index contributed by atoms with van der Waals surface area (Å²) in [5.74, 6) is -1.63. The first-order valence-corrected chi connectivity index (χ1v) is 12.5. The van der Waals surface area contributed by atoms with E-state index in [0.717, 1.165) is 27.5 Å². The molecule has 9 heteroatoms. The van der Waals surface area contributed by atoms with Crippen molar-refractivity contribution < 1.29 is 23.4 Å². The van der Waals surface area contributed by atoms with Gasteiger partial charge in [0.2, 0.25) is 5.82 Å². The van der Waals surface area contributed by atoms with Crippen LogP contribution in [0.5, 0.6) is 0 Å². The van der Waals surface area contributed by atoms with Crippen LogP contribution in [0.3, 0.4) is 0 Å². The lowest BCUT2D eigenvalue weighted by Gasteiger charge is -2.39. The Bertz CT molecular complexity index is 1440. The molecular weight excluding hydrogens is 503 g/mol. The third-order valence-electron chi connectivity index (χ3n) is 6.74. The Morgan fingerprint density at radius 1 is 0.949 bits per heavy atom. The molecule has 8 nitrogen and oxygen atoms in total. The predicted molar refractivity (Wildman–Crippen MR) is 141 cm³/mol. The van der Waals surface area contributed by atoms with E-state index in [0.29, 0.717) is 0 Å². The molecule has 4 aromatic rings. The number of carbonyl (C=O) groups excluding carboxylic acids is 1. The number of hydrogen-bond acceptors (Lipinski definition) is 6. The molecule has 0 bridgehead atoms. The van der Waals surface area contributed by atoms with Crippen molar-refractivity contribution in [3.05, 3.63) is 141 Å². The molecule has 0 spiro atoms. The van der Waals surface area contributed by atoms with Crippen LogP contribution in [-0.4, -0.2) is 34.3 Å². The van der Waals surface area contributed by atoms with Gasteiger partial charge < -0.3 is 14.2 Å². The molecule has 0 aliphatic carbocycles. The lowest BCUT2D eigenvalue weighted by molar-refractivity contribution is -0.151. The molecule has 0 amide bonds. The molecule has 3 atom stereocenters. The van der Waals surface area contributed by atoms with Crippen LogP contribution >= 0.6 is 0 Å². The Balaban J connectivity index is 1.63. The topological polar surface area (TPSA) is 99.6 Å². The first-order valence-electron chi connectivity index (χ1n) is 12.5. The van der Waals surface area contributed by atoms with E-state index < -0.39 is 47.1 Å². The van der Waals surface area contributed by atoms with E-state index in [4.69, 9.17) is 14.2 Å². The third kappa shape index (κ3) is 5.32. The van der Waals surface area contributed by atoms with Crippen molar-refractivity contribution in [2.75, 3.05) is 6.61 Å². The van der Waals surface area contributed by atoms with Gasteiger partial charge in [0.1, 0.15) is 24.5 Å². The predicted octanol–water partition coefficient (Wildman–Crippen LogP) is 3.90. The lowest BCUT2D eigenvalue weighted by Crippen LogP contribution is -2.41.